The summed E-state index contributed by atoms with van der Waals surface area (Å²) in [5, 5.41) is 0. The molecule has 0 saturated heterocycles. The molecule has 0 amide bonds. The summed E-state index contributed by atoms with van der Waals surface area (Å²) in [6.07, 6.45) is 0. The molecule has 0 N–H and O–H groups in total. The monoisotopic (exact) mass is 120 g/mol. The van der Waals surface area contributed by atoms with E-state index < -0.39 is 13.3 Å². The number of hydrogen-bond acceptors (Lipinski definition) is 0. The summed E-state index contributed by atoms with van der Waals surface area (Å²) in [5.41, 5.74) is 0. The molecule has 0 nitrogen and oxygen atoms in total. The van der Waals surface area contributed by atoms with E-state index in [9.17, 15) is 6.93 Å². The van der Waals surface area contributed by atoms with Gasteiger partial charge < -0.3 is 0 Å². The Bertz CT molecular complexity index is 10.8. The molecule has 0 atom stereocenters. The van der Waals surface area contributed by atoms with E-state index in [1.165, 1.54) is 0 Å². The van der Waals surface area contributed by atoms with Crippen molar-refractivity contribution in [1.29, 1.82) is 0 Å². The van der Waals surface area contributed by atoms with Gasteiger partial charge in [0.1, 0.15) is 0 Å². The zero-order chi connectivity index (χ0) is 3.58. The van der Waals surface area contributed by atoms with Crippen LogP contribution in [0.2, 0.25) is 0 Å². The SMILES string of the molecule is [Li][As](F)F. The molecule has 0 aliphatic rings. The van der Waals surface area contributed by atoms with Gasteiger partial charge in [0.15, 0.2) is 0 Å². The Hall–Kier alpha value is 1.02. The van der Waals surface area contributed by atoms with E-state index in [1.54, 1.807) is 0 Å². The second kappa shape index (κ2) is 2.26. The molecule has 4 heteroatoms. The first-order valence-corrected chi connectivity index (χ1v) is 4.08. The van der Waals surface area contributed by atoms with Crippen LogP contribution in [-0.4, -0.2) is 28.9 Å². The standard InChI is InChI=1S/AsF2.Li/c2-1-3;/q-1;+1. The van der Waals surface area contributed by atoms with E-state index in [2.05, 4.69) is 0 Å². The van der Waals surface area contributed by atoms with Crippen LogP contribution in [0, 0.1) is 0 Å². The molecule has 0 aliphatic heterocycles. The molecule has 0 aromatic carbocycles. The average Bonchev–Trinajstić information content (AvgIpc) is 0.811. The van der Waals surface area contributed by atoms with Crippen LogP contribution in [0.4, 0.5) is 6.93 Å². The zero-order valence-electron chi connectivity index (χ0n) is 2.20. The van der Waals surface area contributed by atoms with Crippen molar-refractivity contribution in [2.75, 3.05) is 0 Å². The van der Waals surface area contributed by atoms with Gasteiger partial charge >= 0.3 is 35.9 Å². The van der Waals surface area contributed by atoms with E-state index in [1.807, 2.05) is 0 Å². The first-order chi connectivity index (χ1) is 1.73. The van der Waals surface area contributed by atoms with Gasteiger partial charge in [0, 0.05) is 0 Å². The summed E-state index contributed by atoms with van der Waals surface area (Å²) in [5.74, 6) is 0. The van der Waals surface area contributed by atoms with E-state index in [0.717, 1.165) is 15.6 Å². The van der Waals surface area contributed by atoms with Crippen LogP contribution in [0.3, 0.4) is 0 Å². The van der Waals surface area contributed by atoms with Crippen LogP contribution >= 0.6 is 0 Å². The second-order valence-electron chi connectivity index (χ2n) is 0.402. The van der Waals surface area contributed by atoms with Crippen LogP contribution < -0.4 is 0 Å². The molecule has 0 radical (unpaired) electrons. The molecule has 20 valence electrons. The van der Waals surface area contributed by atoms with Gasteiger partial charge in [-0.25, -0.2) is 0 Å². The topological polar surface area (TPSA) is 0 Å². The van der Waals surface area contributed by atoms with Gasteiger partial charge in [-0.05, 0) is 0 Å². The van der Waals surface area contributed by atoms with Gasteiger partial charge in [-0.15, -0.1) is 0 Å². The maximum atomic E-state index is 10.5. The first kappa shape index (κ1) is 5.02. The minimum atomic E-state index is -3.19. The van der Waals surface area contributed by atoms with Crippen molar-refractivity contribution in [3.63, 3.8) is 0 Å². The second-order valence-corrected chi connectivity index (χ2v) is 2.09. The fourth-order valence-electron chi connectivity index (χ4n) is 0. The van der Waals surface area contributed by atoms with Crippen molar-refractivity contribution in [1.82, 2.24) is 0 Å². The van der Waals surface area contributed by atoms with Gasteiger partial charge in [0.25, 0.3) is 0 Å². The van der Waals surface area contributed by atoms with Crippen LogP contribution in [0.1, 0.15) is 0 Å². The number of hydrogen-bond donors (Lipinski definition) is 0. The predicted molar refractivity (Wildman–Crippen MR) is 13.7 cm³/mol. The van der Waals surface area contributed by atoms with Gasteiger partial charge in [-0.3, -0.25) is 0 Å². The minimum absolute atomic E-state index is 0.979. The van der Waals surface area contributed by atoms with E-state index in [4.69, 9.17) is 0 Å². The fourth-order valence-corrected chi connectivity index (χ4v) is 0. The van der Waals surface area contributed by atoms with Crippen molar-refractivity contribution in [2.24, 2.45) is 0 Å². The van der Waals surface area contributed by atoms with Gasteiger partial charge in [0.05, 0.1) is 0 Å². The number of halogens is 2. The Balaban J connectivity index is 2.32. The quantitative estimate of drug-likeness (QED) is 0.397. The summed E-state index contributed by atoms with van der Waals surface area (Å²) in [4.78, 5) is 0. The maximum absolute atomic E-state index is 10.5. The Labute approximate surface area is 36.2 Å². The molecular weight excluding hydrogens is 120 g/mol. The van der Waals surface area contributed by atoms with Crippen molar-refractivity contribution >= 4 is 28.9 Å². The zero-order valence-corrected chi connectivity index (χ0v) is 4.08. The molecular formula is AsF2Li. The Morgan fingerprint density at radius 3 is 1.50 bits per heavy atom. The molecule has 0 rings (SSSR count). The third-order valence-corrected chi connectivity index (χ3v) is 0. The van der Waals surface area contributed by atoms with Gasteiger partial charge in [-0.2, -0.15) is 0 Å². The van der Waals surface area contributed by atoms with Crippen LogP contribution in [0.25, 0.3) is 0 Å². The normalized spacial score (nSPS) is 9.25. The van der Waals surface area contributed by atoms with E-state index >= 15 is 0 Å². The van der Waals surface area contributed by atoms with Crippen molar-refractivity contribution < 1.29 is 6.93 Å². The van der Waals surface area contributed by atoms with Crippen molar-refractivity contribution in [3.8, 4) is 0 Å². The summed E-state index contributed by atoms with van der Waals surface area (Å²) in [6.45, 7) is 0. The molecule has 0 fully saturated rings. The predicted octanol–water partition coefficient (Wildman–Crippen LogP) is 0.0788. The molecule has 0 aromatic heterocycles. The third kappa shape index (κ3) is 11.9. The number of rotatable bonds is 0. The summed E-state index contributed by atoms with van der Waals surface area (Å²) < 4.78 is 21.0. The van der Waals surface area contributed by atoms with Crippen molar-refractivity contribution in [2.45, 2.75) is 0 Å². The van der Waals surface area contributed by atoms with Gasteiger partial charge in [-0.1, -0.05) is 0 Å². The molecule has 4 heavy (non-hydrogen) atoms. The van der Waals surface area contributed by atoms with Crippen LogP contribution in [0.5, 0.6) is 0 Å². The molecule has 0 bridgehead atoms. The van der Waals surface area contributed by atoms with Crippen LogP contribution in [0.15, 0.2) is 0 Å². The molecule has 0 heterocycles. The fraction of sp³-hybridized carbons (Fsp3) is 0. The van der Waals surface area contributed by atoms with Crippen LogP contribution in [-0.2, 0) is 0 Å². The summed E-state index contributed by atoms with van der Waals surface area (Å²) in [7, 11) is 0. The van der Waals surface area contributed by atoms with Gasteiger partial charge in [0.2, 0.25) is 0 Å². The third-order valence-electron chi connectivity index (χ3n) is 0. The molecule has 0 aliphatic carbocycles. The van der Waals surface area contributed by atoms with Crippen molar-refractivity contribution in [3.05, 3.63) is 0 Å². The molecule has 0 unspecified atom stereocenters. The molecule has 0 saturated carbocycles. The summed E-state index contributed by atoms with van der Waals surface area (Å²) in [6, 6.07) is 0. The Morgan fingerprint density at radius 2 is 1.50 bits per heavy atom. The Morgan fingerprint density at radius 1 is 1.50 bits per heavy atom. The molecule has 0 spiro atoms. The molecule has 0 aromatic rings. The Kier molecular flexibility index (Phi) is 2.84. The van der Waals surface area contributed by atoms with E-state index in [0.29, 0.717) is 0 Å². The summed E-state index contributed by atoms with van der Waals surface area (Å²) >= 11 is -2.21. The first-order valence-electron chi connectivity index (χ1n) is 0.785. The van der Waals surface area contributed by atoms with E-state index in [-0.39, 0.29) is 0 Å². The average molecular weight is 120 g/mol.